The molecule has 0 spiro atoms. The van der Waals surface area contributed by atoms with Crippen LogP contribution >= 0.6 is 0 Å². The molecular weight excluding hydrogens is 548 g/mol. The van der Waals surface area contributed by atoms with E-state index in [0.29, 0.717) is 30.3 Å². The van der Waals surface area contributed by atoms with Crippen LogP contribution in [0, 0.1) is 0 Å². The molecule has 0 fully saturated rings. The molecule has 0 aliphatic rings. The van der Waals surface area contributed by atoms with Crippen LogP contribution in [-0.2, 0) is 29.0 Å². The van der Waals surface area contributed by atoms with Crippen LogP contribution < -0.4 is 11.2 Å². The van der Waals surface area contributed by atoms with Crippen LogP contribution in [-0.4, -0.2) is 52.4 Å². The highest BCUT2D eigenvalue weighted by Gasteiger charge is 2.24. The zero-order valence-electron chi connectivity index (χ0n) is 23.6. The lowest BCUT2D eigenvalue weighted by molar-refractivity contribution is -0.141. The summed E-state index contributed by atoms with van der Waals surface area (Å²) in [4.78, 5) is 44.7. The van der Waals surface area contributed by atoms with Gasteiger partial charge in [-0.2, -0.15) is 5.21 Å². The fourth-order valence-electron chi connectivity index (χ4n) is 5.19. The lowest BCUT2D eigenvalue weighted by Crippen LogP contribution is -2.40. The SMILES string of the molecule is CCCc1nc2c(c(=O)n(-c3ccccc3)c(=O)n2CC(=O)OC)n1Cc1ccc(-c2ccccc2-c2nn[nH]n2)cc1. The normalized spacial score (nSPS) is 11.2. The van der Waals surface area contributed by atoms with Crippen molar-refractivity contribution in [3.05, 3.63) is 111 Å². The number of aryl methyl sites for hydroxylation is 1. The van der Waals surface area contributed by atoms with Crippen LogP contribution in [0.25, 0.3) is 39.4 Å². The number of carbonyl (C=O) groups is 1. The van der Waals surface area contributed by atoms with Crippen molar-refractivity contribution in [1.82, 2.24) is 39.3 Å². The van der Waals surface area contributed by atoms with Crippen molar-refractivity contribution in [1.29, 1.82) is 0 Å². The molecule has 0 aliphatic heterocycles. The first-order chi connectivity index (χ1) is 21.0. The van der Waals surface area contributed by atoms with Gasteiger partial charge in [0.15, 0.2) is 11.2 Å². The third-order valence-electron chi connectivity index (χ3n) is 7.23. The molecule has 0 saturated carbocycles. The molecule has 1 N–H and O–H groups in total. The average molecular weight is 577 g/mol. The van der Waals surface area contributed by atoms with E-state index in [2.05, 4.69) is 20.6 Å². The third-order valence-corrected chi connectivity index (χ3v) is 7.23. The van der Waals surface area contributed by atoms with Crippen LogP contribution in [0.1, 0.15) is 24.7 Å². The minimum atomic E-state index is -0.661. The summed E-state index contributed by atoms with van der Waals surface area (Å²) < 4.78 is 9.00. The Balaban J connectivity index is 1.48. The van der Waals surface area contributed by atoms with E-state index >= 15 is 0 Å². The summed E-state index contributed by atoms with van der Waals surface area (Å²) in [5, 5.41) is 14.4. The number of aromatic amines is 1. The molecule has 12 nitrogen and oxygen atoms in total. The second-order valence-electron chi connectivity index (χ2n) is 9.94. The molecule has 6 rings (SSSR count). The number of methoxy groups -OCH3 is 1. The van der Waals surface area contributed by atoms with Crippen molar-refractivity contribution in [2.45, 2.75) is 32.9 Å². The molecule has 216 valence electrons. The topological polar surface area (TPSA) is 143 Å². The van der Waals surface area contributed by atoms with Gasteiger partial charge in [-0.25, -0.2) is 14.3 Å². The van der Waals surface area contributed by atoms with Gasteiger partial charge in [0, 0.05) is 18.5 Å². The number of fused-ring (bicyclic) bond motifs is 1. The molecular formula is C31H28N8O4. The van der Waals surface area contributed by atoms with Gasteiger partial charge in [-0.1, -0.05) is 73.7 Å². The van der Waals surface area contributed by atoms with E-state index < -0.39 is 17.2 Å². The van der Waals surface area contributed by atoms with Gasteiger partial charge in [0.05, 0.1) is 12.8 Å². The zero-order chi connectivity index (χ0) is 29.9. The lowest BCUT2D eigenvalue weighted by Gasteiger charge is -2.13. The predicted octanol–water partition coefficient (Wildman–Crippen LogP) is 3.37. The average Bonchev–Trinajstić information content (AvgIpc) is 3.69. The first-order valence-electron chi connectivity index (χ1n) is 13.8. The van der Waals surface area contributed by atoms with E-state index in [4.69, 9.17) is 9.72 Å². The van der Waals surface area contributed by atoms with Gasteiger partial charge < -0.3 is 9.30 Å². The van der Waals surface area contributed by atoms with Gasteiger partial charge >= 0.3 is 11.7 Å². The minimum absolute atomic E-state index is 0.154. The van der Waals surface area contributed by atoms with Gasteiger partial charge in [-0.15, -0.1) is 10.2 Å². The number of carbonyl (C=O) groups excluding carboxylic acids is 1. The maximum Gasteiger partial charge on any atom is 0.337 e. The predicted molar refractivity (Wildman–Crippen MR) is 160 cm³/mol. The molecule has 0 unspecified atom stereocenters. The molecule has 3 aromatic heterocycles. The van der Waals surface area contributed by atoms with Gasteiger partial charge in [0.2, 0.25) is 5.82 Å². The number of H-pyrrole nitrogens is 1. The van der Waals surface area contributed by atoms with E-state index in [1.54, 1.807) is 30.3 Å². The Hall–Kier alpha value is -5.65. The number of imidazole rings is 1. The molecule has 6 aromatic rings. The number of ether oxygens (including phenoxy) is 1. The van der Waals surface area contributed by atoms with E-state index in [1.807, 2.05) is 60.0 Å². The van der Waals surface area contributed by atoms with Gasteiger partial charge in [0.25, 0.3) is 5.56 Å². The van der Waals surface area contributed by atoms with Gasteiger partial charge in [-0.3, -0.25) is 14.2 Å². The summed E-state index contributed by atoms with van der Waals surface area (Å²) in [7, 11) is 1.25. The quantitative estimate of drug-likeness (QED) is 0.258. The third kappa shape index (κ3) is 5.14. The van der Waals surface area contributed by atoms with Crippen molar-refractivity contribution in [3.8, 4) is 28.2 Å². The number of nitrogens with zero attached hydrogens (tertiary/aromatic N) is 7. The number of esters is 1. The number of tetrazole rings is 1. The van der Waals surface area contributed by atoms with Crippen LogP contribution in [0.4, 0.5) is 0 Å². The monoisotopic (exact) mass is 576 g/mol. The van der Waals surface area contributed by atoms with Gasteiger partial charge in [0.1, 0.15) is 12.4 Å². The maximum absolute atomic E-state index is 14.0. The summed E-state index contributed by atoms with van der Waals surface area (Å²) in [6.45, 7) is 1.97. The molecule has 0 amide bonds. The van der Waals surface area contributed by atoms with Crippen molar-refractivity contribution in [2.75, 3.05) is 7.11 Å². The maximum atomic E-state index is 14.0. The number of hydrogen-bond donors (Lipinski definition) is 1. The van der Waals surface area contributed by atoms with Crippen LogP contribution in [0.3, 0.4) is 0 Å². The van der Waals surface area contributed by atoms with E-state index in [0.717, 1.165) is 33.2 Å². The molecule has 3 aromatic carbocycles. The Kier molecular flexibility index (Phi) is 7.48. The van der Waals surface area contributed by atoms with Crippen molar-refractivity contribution < 1.29 is 9.53 Å². The van der Waals surface area contributed by atoms with Crippen LogP contribution in [0.5, 0.6) is 0 Å². The fraction of sp³-hybridized carbons (Fsp3) is 0.194. The number of aromatic nitrogens is 8. The first kappa shape index (κ1) is 27.5. The largest absolute Gasteiger partial charge is 0.468 e. The van der Waals surface area contributed by atoms with E-state index in [-0.39, 0.29) is 17.7 Å². The number of rotatable bonds is 9. The molecule has 0 radical (unpaired) electrons. The molecule has 43 heavy (non-hydrogen) atoms. The first-order valence-corrected chi connectivity index (χ1v) is 13.8. The molecule has 0 aliphatic carbocycles. The highest BCUT2D eigenvalue weighted by atomic mass is 16.5. The second kappa shape index (κ2) is 11.7. The van der Waals surface area contributed by atoms with Crippen molar-refractivity contribution >= 4 is 17.1 Å². The Morgan fingerprint density at radius 2 is 1.63 bits per heavy atom. The molecule has 0 saturated heterocycles. The summed E-state index contributed by atoms with van der Waals surface area (Å²) in [6.07, 6.45) is 1.34. The second-order valence-corrected chi connectivity index (χ2v) is 9.94. The molecule has 0 atom stereocenters. The fourth-order valence-corrected chi connectivity index (χ4v) is 5.19. The Morgan fingerprint density at radius 3 is 2.30 bits per heavy atom. The van der Waals surface area contributed by atoms with Crippen LogP contribution in [0.15, 0.2) is 88.5 Å². The summed E-state index contributed by atoms with van der Waals surface area (Å²) in [6, 6.07) is 24.4. The van der Waals surface area contributed by atoms with Gasteiger partial charge in [-0.05, 0) is 40.5 Å². The van der Waals surface area contributed by atoms with E-state index in [9.17, 15) is 14.4 Å². The Morgan fingerprint density at radius 1 is 0.907 bits per heavy atom. The minimum Gasteiger partial charge on any atom is -0.468 e. The number of hydrogen-bond acceptors (Lipinski definition) is 8. The summed E-state index contributed by atoms with van der Waals surface area (Å²) in [5.74, 6) is 0.524. The highest BCUT2D eigenvalue weighted by molar-refractivity contribution is 5.80. The van der Waals surface area contributed by atoms with E-state index in [1.165, 1.54) is 11.7 Å². The Labute approximate surface area is 245 Å². The molecule has 0 bridgehead atoms. The number of benzene rings is 3. The smallest absolute Gasteiger partial charge is 0.337 e. The highest BCUT2D eigenvalue weighted by Crippen LogP contribution is 2.30. The summed E-state index contributed by atoms with van der Waals surface area (Å²) >= 11 is 0. The lowest BCUT2D eigenvalue weighted by atomic mass is 9.98. The van der Waals surface area contributed by atoms with Crippen LogP contribution in [0.2, 0.25) is 0 Å². The summed E-state index contributed by atoms with van der Waals surface area (Å²) in [5.41, 5.74) is 3.31. The molecule has 3 heterocycles. The zero-order valence-corrected chi connectivity index (χ0v) is 23.6. The van der Waals surface area contributed by atoms with Crippen molar-refractivity contribution in [3.63, 3.8) is 0 Å². The van der Waals surface area contributed by atoms with Crippen molar-refractivity contribution in [2.24, 2.45) is 0 Å². The standard InChI is InChI=1S/C31H28N8O4/c1-3-9-25-32-29-27(30(41)39(22-10-5-4-6-11-22)31(42)38(29)19-26(40)43-2)37(25)18-20-14-16-21(17-15-20)23-12-7-8-13-24(23)28-33-35-36-34-28/h4-8,10-17H,3,9,18-19H2,1-2H3,(H,33,34,35,36). The molecule has 12 heteroatoms. The Bertz CT molecular complexity index is 2030. The number of nitrogens with one attached hydrogen (secondary N) is 1. The number of para-hydroxylation sites is 1.